The summed E-state index contributed by atoms with van der Waals surface area (Å²) in [7, 11) is 0. The SMILES string of the molecule is CC(C)(C)OC(=O)N1C(=O)CC[C@@H]2CCCNC[C@H]21. The van der Waals surface area contributed by atoms with Gasteiger partial charge in [0.1, 0.15) is 5.60 Å². The van der Waals surface area contributed by atoms with Crippen molar-refractivity contribution in [1.82, 2.24) is 10.2 Å². The highest BCUT2D eigenvalue weighted by Crippen LogP contribution is 2.30. The zero-order valence-corrected chi connectivity index (χ0v) is 12.1. The summed E-state index contributed by atoms with van der Waals surface area (Å²) in [5.74, 6) is 0.319. The Morgan fingerprint density at radius 3 is 2.79 bits per heavy atom. The van der Waals surface area contributed by atoms with Gasteiger partial charge in [-0.15, -0.1) is 0 Å². The Bertz CT molecular complexity index is 362. The Hall–Kier alpha value is -1.10. The number of rotatable bonds is 0. The number of carbonyl (C=O) groups excluding carboxylic acids is 2. The summed E-state index contributed by atoms with van der Waals surface area (Å²) in [5, 5.41) is 3.31. The van der Waals surface area contributed by atoms with E-state index in [1.165, 1.54) is 4.90 Å². The molecule has 2 heterocycles. The third kappa shape index (κ3) is 3.47. The lowest BCUT2D eigenvalue weighted by Crippen LogP contribution is -2.55. The Kier molecular flexibility index (Phi) is 4.13. The van der Waals surface area contributed by atoms with Crippen molar-refractivity contribution in [1.29, 1.82) is 0 Å². The molecule has 0 aromatic carbocycles. The molecule has 0 unspecified atom stereocenters. The average molecular weight is 268 g/mol. The van der Waals surface area contributed by atoms with Gasteiger partial charge >= 0.3 is 6.09 Å². The fourth-order valence-electron chi connectivity index (χ4n) is 2.90. The van der Waals surface area contributed by atoms with Crippen molar-refractivity contribution in [2.24, 2.45) is 5.92 Å². The molecule has 2 atom stereocenters. The first-order valence-corrected chi connectivity index (χ1v) is 7.14. The molecule has 5 heteroatoms. The summed E-state index contributed by atoms with van der Waals surface area (Å²) in [5.41, 5.74) is -0.567. The lowest BCUT2D eigenvalue weighted by molar-refractivity contribution is -0.137. The number of nitrogens with zero attached hydrogens (tertiary/aromatic N) is 1. The summed E-state index contributed by atoms with van der Waals surface area (Å²) in [4.78, 5) is 25.7. The Morgan fingerprint density at radius 2 is 2.11 bits per heavy atom. The number of piperidine rings is 1. The number of fused-ring (bicyclic) bond motifs is 1. The first kappa shape index (κ1) is 14.3. The van der Waals surface area contributed by atoms with Crippen LogP contribution in [0.4, 0.5) is 4.79 Å². The lowest BCUT2D eigenvalue weighted by Gasteiger charge is -2.39. The third-order valence-corrected chi connectivity index (χ3v) is 3.75. The van der Waals surface area contributed by atoms with Gasteiger partial charge in [0.25, 0.3) is 0 Å². The molecule has 2 amide bonds. The Balaban J connectivity index is 2.14. The second kappa shape index (κ2) is 5.49. The molecule has 0 radical (unpaired) electrons. The molecule has 0 spiro atoms. The molecule has 0 aromatic rings. The highest BCUT2D eigenvalue weighted by Gasteiger charge is 2.41. The minimum absolute atomic E-state index is 0.0430. The molecule has 0 aromatic heterocycles. The highest BCUT2D eigenvalue weighted by molar-refractivity contribution is 5.93. The molecule has 0 bridgehead atoms. The quantitative estimate of drug-likeness (QED) is 0.729. The average Bonchev–Trinajstić information content (AvgIpc) is 2.51. The van der Waals surface area contributed by atoms with Crippen LogP contribution in [0.1, 0.15) is 46.5 Å². The van der Waals surface area contributed by atoms with Crippen LogP contribution in [0.25, 0.3) is 0 Å². The Morgan fingerprint density at radius 1 is 1.37 bits per heavy atom. The second-order valence-corrected chi connectivity index (χ2v) is 6.46. The summed E-state index contributed by atoms with van der Waals surface area (Å²) < 4.78 is 5.38. The van der Waals surface area contributed by atoms with E-state index < -0.39 is 11.7 Å². The molecule has 2 fully saturated rings. The largest absolute Gasteiger partial charge is 0.443 e. The van der Waals surface area contributed by atoms with E-state index in [4.69, 9.17) is 4.74 Å². The van der Waals surface area contributed by atoms with Gasteiger partial charge in [-0.3, -0.25) is 4.79 Å². The van der Waals surface area contributed by atoms with Crippen LogP contribution in [-0.4, -0.2) is 41.6 Å². The normalized spacial score (nSPS) is 28.6. The zero-order chi connectivity index (χ0) is 14.0. The summed E-state index contributed by atoms with van der Waals surface area (Å²) in [6.07, 6.45) is 3.04. The molecule has 2 aliphatic rings. The summed E-state index contributed by atoms with van der Waals surface area (Å²) in [6.45, 7) is 7.12. The van der Waals surface area contributed by atoms with E-state index in [9.17, 15) is 9.59 Å². The van der Waals surface area contributed by atoms with Gasteiger partial charge in [0, 0.05) is 13.0 Å². The van der Waals surface area contributed by atoms with Crippen LogP contribution >= 0.6 is 0 Å². The fraction of sp³-hybridized carbons (Fsp3) is 0.857. The van der Waals surface area contributed by atoms with Crippen molar-refractivity contribution >= 4 is 12.0 Å². The van der Waals surface area contributed by atoms with Gasteiger partial charge in [-0.2, -0.15) is 0 Å². The van der Waals surface area contributed by atoms with E-state index in [0.717, 1.165) is 25.8 Å². The van der Waals surface area contributed by atoms with Gasteiger partial charge in [0.15, 0.2) is 0 Å². The van der Waals surface area contributed by atoms with Gasteiger partial charge < -0.3 is 10.1 Å². The van der Waals surface area contributed by atoms with Crippen LogP contribution in [0.15, 0.2) is 0 Å². The molecule has 0 aliphatic carbocycles. The number of nitrogens with one attached hydrogen (secondary N) is 1. The van der Waals surface area contributed by atoms with Crippen molar-refractivity contribution in [2.45, 2.75) is 58.1 Å². The van der Waals surface area contributed by atoms with Gasteiger partial charge in [-0.1, -0.05) is 0 Å². The van der Waals surface area contributed by atoms with Gasteiger partial charge in [0.2, 0.25) is 5.91 Å². The Labute approximate surface area is 114 Å². The minimum Gasteiger partial charge on any atom is -0.443 e. The van der Waals surface area contributed by atoms with Crippen LogP contribution in [0.5, 0.6) is 0 Å². The van der Waals surface area contributed by atoms with Crippen molar-refractivity contribution in [3.8, 4) is 0 Å². The first-order chi connectivity index (χ1) is 8.88. The highest BCUT2D eigenvalue weighted by atomic mass is 16.6. The molecule has 2 saturated heterocycles. The van der Waals surface area contributed by atoms with E-state index in [-0.39, 0.29) is 11.9 Å². The van der Waals surface area contributed by atoms with E-state index in [1.807, 2.05) is 20.8 Å². The molecule has 5 nitrogen and oxygen atoms in total. The maximum atomic E-state index is 12.2. The number of ether oxygens (including phenoxy) is 1. The summed E-state index contributed by atoms with van der Waals surface area (Å²) >= 11 is 0. The molecule has 19 heavy (non-hydrogen) atoms. The van der Waals surface area contributed by atoms with Crippen LogP contribution in [0.2, 0.25) is 0 Å². The monoisotopic (exact) mass is 268 g/mol. The predicted octanol–water partition coefficient (Wildman–Crippen LogP) is 1.91. The van der Waals surface area contributed by atoms with E-state index in [2.05, 4.69) is 5.32 Å². The topological polar surface area (TPSA) is 58.6 Å². The number of amides is 2. The smallest absolute Gasteiger partial charge is 0.417 e. The predicted molar refractivity (Wildman–Crippen MR) is 71.7 cm³/mol. The lowest BCUT2D eigenvalue weighted by atomic mass is 9.86. The number of likely N-dealkylation sites (tertiary alicyclic amines) is 1. The van der Waals surface area contributed by atoms with Crippen LogP contribution < -0.4 is 5.32 Å². The minimum atomic E-state index is -0.567. The van der Waals surface area contributed by atoms with Crippen molar-refractivity contribution in [3.63, 3.8) is 0 Å². The number of imide groups is 1. The van der Waals surface area contributed by atoms with Crippen LogP contribution in [0, 0.1) is 5.92 Å². The number of hydrogen-bond donors (Lipinski definition) is 1. The van der Waals surface area contributed by atoms with E-state index >= 15 is 0 Å². The number of hydrogen-bond acceptors (Lipinski definition) is 4. The van der Waals surface area contributed by atoms with Gasteiger partial charge in [0.05, 0.1) is 6.04 Å². The van der Waals surface area contributed by atoms with Gasteiger partial charge in [-0.25, -0.2) is 9.69 Å². The molecule has 1 N–H and O–H groups in total. The van der Waals surface area contributed by atoms with Crippen molar-refractivity contribution in [2.75, 3.05) is 13.1 Å². The van der Waals surface area contributed by atoms with Crippen molar-refractivity contribution in [3.05, 3.63) is 0 Å². The standard InChI is InChI=1S/C14H24N2O3/c1-14(2,3)19-13(18)16-11-9-15-8-4-5-10(11)6-7-12(16)17/h10-11,15H,4-9H2,1-3H3/t10-,11+/m0/s1. The van der Waals surface area contributed by atoms with E-state index in [0.29, 0.717) is 18.9 Å². The van der Waals surface area contributed by atoms with Crippen LogP contribution in [0.3, 0.4) is 0 Å². The van der Waals surface area contributed by atoms with Gasteiger partial charge in [-0.05, 0) is 52.5 Å². The maximum Gasteiger partial charge on any atom is 0.417 e. The van der Waals surface area contributed by atoms with Crippen molar-refractivity contribution < 1.29 is 14.3 Å². The molecule has 0 saturated carbocycles. The molecular formula is C14H24N2O3. The number of carbonyl (C=O) groups is 2. The zero-order valence-electron chi connectivity index (χ0n) is 12.1. The fourth-order valence-corrected chi connectivity index (χ4v) is 2.90. The van der Waals surface area contributed by atoms with E-state index in [1.54, 1.807) is 0 Å². The second-order valence-electron chi connectivity index (χ2n) is 6.46. The first-order valence-electron chi connectivity index (χ1n) is 7.14. The molecular weight excluding hydrogens is 244 g/mol. The molecule has 2 rings (SSSR count). The maximum absolute atomic E-state index is 12.2. The molecule has 108 valence electrons. The molecule has 2 aliphatic heterocycles. The van der Waals surface area contributed by atoms with Crippen LogP contribution in [-0.2, 0) is 9.53 Å². The third-order valence-electron chi connectivity index (χ3n) is 3.75. The summed E-state index contributed by atoms with van der Waals surface area (Å²) in [6, 6.07) is -0.0430.